The van der Waals surface area contributed by atoms with Gasteiger partial charge in [-0.25, -0.2) is 0 Å². The molecule has 1 aliphatic heterocycles. The number of carbonyl (C=O) groups excluding carboxylic acids is 1. The highest BCUT2D eigenvalue weighted by Gasteiger charge is 2.23. The van der Waals surface area contributed by atoms with Crippen LogP contribution in [0.15, 0.2) is 47.0 Å². The normalized spacial score (nSPS) is 14.0. The van der Waals surface area contributed by atoms with Gasteiger partial charge in [0.1, 0.15) is 0 Å². The summed E-state index contributed by atoms with van der Waals surface area (Å²) in [5.41, 5.74) is 3.78. The first-order valence-electron chi connectivity index (χ1n) is 8.84. The molecular formula is C20H19ClN4O2. The molecule has 2 heterocycles. The second-order valence-electron chi connectivity index (χ2n) is 6.47. The Kier molecular flexibility index (Phi) is 4.81. The first-order chi connectivity index (χ1) is 13.1. The zero-order valence-electron chi connectivity index (χ0n) is 14.9. The average Bonchev–Trinajstić information content (AvgIpc) is 3.31. The lowest BCUT2D eigenvalue weighted by Gasteiger charge is -2.20. The van der Waals surface area contributed by atoms with E-state index in [1.54, 1.807) is 12.1 Å². The Morgan fingerprint density at radius 3 is 2.78 bits per heavy atom. The van der Waals surface area contributed by atoms with Crippen molar-refractivity contribution < 1.29 is 9.32 Å². The molecule has 0 unspecified atom stereocenters. The van der Waals surface area contributed by atoms with E-state index in [0.717, 1.165) is 35.5 Å². The molecule has 0 atom stereocenters. The lowest BCUT2D eigenvalue weighted by molar-refractivity contribution is -0.117. The number of nitrogens with zero attached hydrogens (tertiary/aromatic N) is 3. The molecule has 6 nitrogen and oxygen atoms in total. The molecule has 1 N–H and O–H groups in total. The Morgan fingerprint density at radius 2 is 2.04 bits per heavy atom. The third-order valence-corrected chi connectivity index (χ3v) is 4.92. The first kappa shape index (κ1) is 17.5. The summed E-state index contributed by atoms with van der Waals surface area (Å²) in [6.07, 6.45) is 1.53. The van der Waals surface area contributed by atoms with Crippen LogP contribution in [-0.2, 0) is 11.3 Å². The number of rotatable bonds is 5. The molecule has 0 radical (unpaired) electrons. The fourth-order valence-corrected chi connectivity index (χ4v) is 3.35. The van der Waals surface area contributed by atoms with Gasteiger partial charge in [0.25, 0.3) is 0 Å². The molecule has 2 aromatic carbocycles. The van der Waals surface area contributed by atoms with Gasteiger partial charge in [0, 0.05) is 34.9 Å². The van der Waals surface area contributed by atoms with Gasteiger partial charge in [-0.05, 0) is 55.3 Å². The van der Waals surface area contributed by atoms with Crippen LogP contribution in [0.2, 0.25) is 5.02 Å². The lowest BCUT2D eigenvalue weighted by Crippen LogP contribution is -2.24. The summed E-state index contributed by atoms with van der Waals surface area (Å²) in [5.74, 6) is 1.19. The summed E-state index contributed by atoms with van der Waals surface area (Å²) < 4.78 is 5.34. The highest BCUT2D eigenvalue weighted by Crippen LogP contribution is 2.30. The van der Waals surface area contributed by atoms with Crippen LogP contribution in [0, 0.1) is 6.92 Å². The minimum absolute atomic E-state index is 0.180. The van der Waals surface area contributed by atoms with E-state index in [1.807, 2.05) is 42.2 Å². The summed E-state index contributed by atoms with van der Waals surface area (Å²) in [6, 6.07) is 13.2. The van der Waals surface area contributed by atoms with E-state index < -0.39 is 0 Å². The fourth-order valence-electron chi connectivity index (χ4n) is 3.22. The number of nitrogens with one attached hydrogen (secondary N) is 1. The predicted octanol–water partition coefficient (Wildman–Crippen LogP) is 4.44. The highest BCUT2D eigenvalue weighted by molar-refractivity contribution is 6.30. The van der Waals surface area contributed by atoms with Gasteiger partial charge in [-0.2, -0.15) is 4.98 Å². The summed E-state index contributed by atoms with van der Waals surface area (Å²) in [7, 11) is 0. The summed E-state index contributed by atoms with van der Waals surface area (Å²) in [6.45, 7) is 3.19. The van der Waals surface area contributed by atoms with E-state index in [0.29, 0.717) is 29.7 Å². The van der Waals surface area contributed by atoms with Gasteiger partial charge in [-0.1, -0.05) is 22.8 Å². The van der Waals surface area contributed by atoms with Crippen LogP contribution in [0.25, 0.3) is 11.4 Å². The number of hydrogen-bond acceptors (Lipinski definition) is 5. The average molecular weight is 383 g/mol. The first-order valence-corrected chi connectivity index (χ1v) is 9.22. The van der Waals surface area contributed by atoms with Gasteiger partial charge in [0.2, 0.25) is 17.6 Å². The Labute approximate surface area is 162 Å². The van der Waals surface area contributed by atoms with Crippen LogP contribution >= 0.6 is 11.6 Å². The quantitative estimate of drug-likeness (QED) is 0.706. The molecule has 1 fully saturated rings. The van der Waals surface area contributed by atoms with E-state index in [4.69, 9.17) is 16.1 Å². The SMILES string of the molecule is Cc1c(NCc2nc(-c3ccc(Cl)cc3)no2)cccc1N1CCCC1=O. The van der Waals surface area contributed by atoms with Gasteiger partial charge in [-0.3, -0.25) is 4.79 Å². The molecular weight excluding hydrogens is 364 g/mol. The molecule has 0 bridgehead atoms. The minimum Gasteiger partial charge on any atom is -0.376 e. The monoisotopic (exact) mass is 382 g/mol. The maximum Gasteiger partial charge on any atom is 0.246 e. The topological polar surface area (TPSA) is 71.3 Å². The smallest absolute Gasteiger partial charge is 0.246 e. The van der Waals surface area contributed by atoms with E-state index in [-0.39, 0.29) is 5.91 Å². The number of benzene rings is 2. The lowest BCUT2D eigenvalue weighted by atomic mass is 10.1. The molecule has 0 spiro atoms. The van der Waals surface area contributed by atoms with Crippen molar-refractivity contribution in [2.45, 2.75) is 26.3 Å². The van der Waals surface area contributed by atoms with Crippen LogP contribution in [0.3, 0.4) is 0 Å². The molecule has 7 heteroatoms. The van der Waals surface area contributed by atoms with E-state index in [9.17, 15) is 4.79 Å². The Balaban J connectivity index is 1.48. The molecule has 1 saturated heterocycles. The molecule has 0 aliphatic carbocycles. The van der Waals surface area contributed by atoms with Crippen LogP contribution in [0.4, 0.5) is 11.4 Å². The molecule has 0 saturated carbocycles. The van der Waals surface area contributed by atoms with Crippen LogP contribution in [0.1, 0.15) is 24.3 Å². The van der Waals surface area contributed by atoms with Gasteiger partial charge in [0.15, 0.2) is 0 Å². The standard InChI is InChI=1S/C20H19ClN4O2/c1-13-16(4-2-5-17(13)25-11-3-6-19(25)26)22-12-18-23-20(24-27-18)14-7-9-15(21)10-8-14/h2,4-5,7-10,22H,3,6,11-12H2,1H3. The Bertz CT molecular complexity index is 968. The van der Waals surface area contributed by atoms with Crippen molar-refractivity contribution in [1.29, 1.82) is 0 Å². The van der Waals surface area contributed by atoms with Crippen molar-refractivity contribution in [3.63, 3.8) is 0 Å². The van der Waals surface area contributed by atoms with Crippen molar-refractivity contribution in [1.82, 2.24) is 10.1 Å². The van der Waals surface area contributed by atoms with E-state index in [1.165, 1.54) is 0 Å². The zero-order chi connectivity index (χ0) is 18.8. The maximum atomic E-state index is 12.0. The van der Waals surface area contributed by atoms with Crippen molar-refractivity contribution in [3.05, 3.63) is 58.9 Å². The number of carbonyl (C=O) groups is 1. The van der Waals surface area contributed by atoms with Gasteiger partial charge < -0.3 is 14.7 Å². The highest BCUT2D eigenvalue weighted by atomic mass is 35.5. The largest absolute Gasteiger partial charge is 0.376 e. The van der Waals surface area contributed by atoms with Gasteiger partial charge in [0.05, 0.1) is 6.54 Å². The third-order valence-electron chi connectivity index (χ3n) is 4.67. The zero-order valence-corrected chi connectivity index (χ0v) is 15.7. The number of anilines is 2. The summed E-state index contributed by atoms with van der Waals surface area (Å²) in [4.78, 5) is 18.3. The second kappa shape index (κ2) is 7.40. The second-order valence-corrected chi connectivity index (χ2v) is 6.91. The maximum absolute atomic E-state index is 12.0. The molecule has 3 aromatic rings. The molecule has 138 valence electrons. The van der Waals surface area contributed by atoms with E-state index >= 15 is 0 Å². The van der Waals surface area contributed by atoms with Gasteiger partial charge >= 0.3 is 0 Å². The summed E-state index contributed by atoms with van der Waals surface area (Å²) in [5, 5.41) is 8.01. The summed E-state index contributed by atoms with van der Waals surface area (Å²) >= 11 is 5.91. The fraction of sp³-hybridized carbons (Fsp3) is 0.250. The van der Waals surface area contributed by atoms with Crippen molar-refractivity contribution in [2.75, 3.05) is 16.8 Å². The molecule has 1 amide bonds. The number of aromatic nitrogens is 2. The molecule has 27 heavy (non-hydrogen) atoms. The Morgan fingerprint density at radius 1 is 1.22 bits per heavy atom. The Hall–Kier alpha value is -2.86. The van der Waals surface area contributed by atoms with Crippen LogP contribution < -0.4 is 10.2 Å². The third kappa shape index (κ3) is 3.66. The van der Waals surface area contributed by atoms with Crippen molar-refractivity contribution >= 4 is 28.9 Å². The number of amides is 1. The predicted molar refractivity (Wildman–Crippen MR) is 105 cm³/mol. The van der Waals surface area contributed by atoms with Crippen LogP contribution in [0.5, 0.6) is 0 Å². The number of halogens is 1. The minimum atomic E-state index is 0.180. The molecule has 1 aliphatic rings. The van der Waals surface area contributed by atoms with E-state index in [2.05, 4.69) is 15.5 Å². The van der Waals surface area contributed by atoms with Crippen molar-refractivity contribution in [2.24, 2.45) is 0 Å². The molecule has 1 aromatic heterocycles. The van der Waals surface area contributed by atoms with Crippen molar-refractivity contribution in [3.8, 4) is 11.4 Å². The van der Waals surface area contributed by atoms with Gasteiger partial charge in [-0.15, -0.1) is 0 Å². The number of hydrogen-bond donors (Lipinski definition) is 1. The molecule has 4 rings (SSSR count). The van der Waals surface area contributed by atoms with Crippen LogP contribution in [-0.4, -0.2) is 22.6 Å².